The Bertz CT molecular complexity index is 1230. The van der Waals surface area contributed by atoms with Crippen LogP contribution < -0.4 is 0 Å². The molecule has 0 saturated carbocycles. The molecule has 2 atom stereocenters. The molecule has 1 fully saturated rings. The number of likely N-dealkylation sites (tertiary alicyclic amines) is 1. The van der Waals surface area contributed by atoms with E-state index in [2.05, 4.69) is 4.90 Å². The van der Waals surface area contributed by atoms with Gasteiger partial charge in [0.25, 0.3) is 5.91 Å². The molecule has 0 aliphatic carbocycles. The standard InChI is InChI=1S/C29H29F5N2O/c1-19(2)36(28(37)21-9-11-25(30)12-10-21)17-23-16-35(15-20-5-3-8-26(31)13-20)18-27(23)22-6-4-7-24(14-22)29(32,33)34/h3-14,19,23,27H,15-18H2,1-2H3. The predicted molar refractivity (Wildman–Crippen MR) is 132 cm³/mol. The van der Waals surface area contributed by atoms with E-state index in [0.717, 1.165) is 11.6 Å². The molecule has 0 radical (unpaired) electrons. The summed E-state index contributed by atoms with van der Waals surface area (Å²) in [5.74, 6) is -1.48. The Morgan fingerprint density at radius 3 is 2.30 bits per heavy atom. The summed E-state index contributed by atoms with van der Waals surface area (Å²) in [6.45, 7) is 5.50. The van der Waals surface area contributed by atoms with E-state index >= 15 is 0 Å². The van der Waals surface area contributed by atoms with E-state index in [1.807, 2.05) is 19.9 Å². The van der Waals surface area contributed by atoms with E-state index < -0.39 is 17.6 Å². The Morgan fingerprint density at radius 2 is 1.65 bits per heavy atom. The monoisotopic (exact) mass is 516 g/mol. The molecule has 0 bridgehead atoms. The zero-order valence-corrected chi connectivity index (χ0v) is 20.7. The molecule has 1 aliphatic rings. The van der Waals surface area contributed by atoms with Crippen molar-refractivity contribution in [2.45, 2.75) is 38.5 Å². The molecule has 3 nitrogen and oxygen atoms in total. The topological polar surface area (TPSA) is 23.6 Å². The van der Waals surface area contributed by atoms with Crippen LogP contribution in [0.2, 0.25) is 0 Å². The third-order valence-electron chi connectivity index (χ3n) is 6.86. The van der Waals surface area contributed by atoms with Gasteiger partial charge in [0.05, 0.1) is 5.56 Å². The molecule has 3 aromatic rings. The van der Waals surface area contributed by atoms with Crippen LogP contribution in [0.25, 0.3) is 0 Å². The maximum atomic E-state index is 13.8. The number of carbonyl (C=O) groups is 1. The number of rotatable bonds is 7. The summed E-state index contributed by atoms with van der Waals surface area (Å²) in [6.07, 6.45) is -4.46. The van der Waals surface area contributed by atoms with Gasteiger partial charge < -0.3 is 4.90 Å². The first-order valence-corrected chi connectivity index (χ1v) is 12.2. The van der Waals surface area contributed by atoms with Gasteiger partial charge in [-0.1, -0.05) is 30.3 Å². The normalized spacial score (nSPS) is 18.4. The van der Waals surface area contributed by atoms with Crippen molar-refractivity contribution in [3.8, 4) is 0 Å². The van der Waals surface area contributed by atoms with Crippen molar-refractivity contribution in [1.29, 1.82) is 0 Å². The van der Waals surface area contributed by atoms with Gasteiger partial charge in [0.1, 0.15) is 11.6 Å². The van der Waals surface area contributed by atoms with Crippen molar-refractivity contribution in [2.24, 2.45) is 5.92 Å². The number of carbonyl (C=O) groups excluding carboxylic acids is 1. The SMILES string of the molecule is CC(C)N(CC1CN(Cc2cccc(F)c2)CC1c1cccc(C(F)(F)F)c1)C(=O)c1ccc(F)cc1. The molecule has 3 aromatic carbocycles. The van der Waals surface area contributed by atoms with Crippen molar-refractivity contribution in [1.82, 2.24) is 9.80 Å². The summed E-state index contributed by atoms with van der Waals surface area (Å²) in [5, 5.41) is 0. The molecule has 2 unspecified atom stereocenters. The summed E-state index contributed by atoms with van der Waals surface area (Å²) in [5.41, 5.74) is 0.960. The molecule has 0 aromatic heterocycles. The first-order chi connectivity index (χ1) is 17.5. The number of hydrogen-bond acceptors (Lipinski definition) is 2. The number of halogens is 5. The van der Waals surface area contributed by atoms with Gasteiger partial charge in [-0.15, -0.1) is 0 Å². The molecule has 8 heteroatoms. The van der Waals surface area contributed by atoms with Crippen LogP contribution in [-0.4, -0.2) is 41.4 Å². The molecule has 37 heavy (non-hydrogen) atoms. The average molecular weight is 517 g/mol. The van der Waals surface area contributed by atoms with Crippen LogP contribution in [0.4, 0.5) is 22.0 Å². The van der Waals surface area contributed by atoms with Gasteiger partial charge in [0.15, 0.2) is 0 Å². The molecule has 0 spiro atoms. The number of benzene rings is 3. The highest BCUT2D eigenvalue weighted by molar-refractivity contribution is 5.94. The molecule has 1 saturated heterocycles. The van der Waals surface area contributed by atoms with Gasteiger partial charge in [0.2, 0.25) is 0 Å². The largest absolute Gasteiger partial charge is 0.416 e. The Balaban J connectivity index is 1.63. The minimum absolute atomic E-state index is 0.163. The fourth-order valence-electron chi connectivity index (χ4n) is 5.03. The Labute approximate surface area is 213 Å². The molecular formula is C29H29F5N2O. The third-order valence-corrected chi connectivity index (χ3v) is 6.86. The van der Waals surface area contributed by atoms with E-state index in [0.29, 0.717) is 37.3 Å². The van der Waals surface area contributed by atoms with Crippen LogP contribution >= 0.6 is 0 Å². The minimum Gasteiger partial charge on any atom is -0.336 e. The molecular weight excluding hydrogens is 487 g/mol. The van der Waals surface area contributed by atoms with Gasteiger partial charge in [-0.3, -0.25) is 9.69 Å². The van der Waals surface area contributed by atoms with Gasteiger partial charge in [-0.05, 0) is 73.4 Å². The van der Waals surface area contributed by atoms with Crippen LogP contribution in [-0.2, 0) is 12.7 Å². The summed E-state index contributed by atoms with van der Waals surface area (Å²) in [6, 6.07) is 16.7. The van der Waals surface area contributed by atoms with E-state index in [-0.39, 0.29) is 29.6 Å². The fourth-order valence-corrected chi connectivity index (χ4v) is 5.03. The van der Waals surface area contributed by atoms with Gasteiger partial charge in [0, 0.05) is 43.7 Å². The lowest BCUT2D eigenvalue weighted by atomic mass is 9.87. The Hall–Kier alpha value is -3.26. The molecule has 1 heterocycles. The van der Waals surface area contributed by atoms with Crippen molar-refractivity contribution in [3.63, 3.8) is 0 Å². The predicted octanol–water partition coefficient (Wildman–Crippen LogP) is 6.75. The second-order valence-corrected chi connectivity index (χ2v) is 9.87. The van der Waals surface area contributed by atoms with Crippen molar-refractivity contribution in [2.75, 3.05) is 19.6 Å². The van der Waals surface area contributed by atoms with Crippen molar-refractivity contribution >= 4 is 5.91 Å². The van der Waals surface area contributed by atoms with Gasteiger partial charge >= 0.3 is 6.18 Å². The van der Waals surface area contributed by atoms with E-state index in [1.165, 1.54) is 48.5 Å². The first kappa shape index (κ1) is 26.8. The molecule has 0 N–H and O–H groups in total. The van der Waals surface area contributed by atoms with E-state index in [9.17, 15) is 26.7 Å². The van der Waals surface area contributed by atoms with Crippen LogP contribution in [0.3, 0.4) is 0 Å². The highest BCUT2D eigenvalue weighted by Crippen LogP contribution is 2.37. The van der Waals surface area contributed by atoms with Gasteiger partial charge in [-0.25, -0.2) is 8.78 Å². The van der Waals surface area contributed by atoms with E-state index in [4.69, 9.17) is 0 Å². The number of nitrogens with zero attached hydrogens (tertiary/aromatic N) is 2. The maximum absolute atomic E-state index is 13.8. The first-order valence-electron chi connectivity index (χ1n) is 12.2. The zero-order valence-electron chi connectivity index (χ0n) is 20.7. The maximum Gasteiger partial charge on any atom is 0.416 e. The zero-order chi connectivity index (χ0) is 26.7. The Kier molecular flexibility index (Phi) is 7.97. The van der Waals surface area contributed by atoms with Gasteiger partial charge in [-0.2, -0.15) is 13.2 Å². The van der Waals surface area contributed by atoms with Crippen LogP contribution in [0.5, 0.6) is 0 Å². The summed E-state index contributed by atoms with van der Waals surface area (Å²) in [4.78, 5) is 17.1. The van der Waals surface area contributed by atoms with Crippen LogP contribution in [0.1, 0.15) is 46.8 Å². The van der Waals surface area contributed by atoms with Crippen LogP contribution in [0, 0.1) is 17.6 Å². The molecule has 1 amide bonds. The average Bonchev–Trinajstić information content (AvgIpc) is 3.24. The second-order valence-electron chi connectivity index (χ2n) is 9.87. The lowest BCUT2D eigenvalue weighted by Crippen LogP contribution is -2.42. The minimum atomic E-state index is -4.46. The molecule has 4 rings (SSSR count). The molecule has 1 aliphatic heterocycles. The van der Waals surface area contributed by atoms with E-state index in [1.54, 1.807) is 17.0 Å². The summed E-state index contributed by atoms with van der Waals surface area (Å²) < 4.78 is 67.6. The Morgan fingerprint density at radius 1 is 0.946 bits per heavy atom. The fraction of sp³-hybridized carbons (Fsp3) is 0.345. The smallest absolute Gasteiger partial charge is 0.336 e. The summed E-state index contributed by atoms with van der Waals surface area (Å²) >= 11 is 0. The molecule has 196 valence electrons. The quantitative estimate of drug-likeness (QED) is 0.325. The lowest BCUT2D eigenvalue weighted by molar-refractivity contribution is -0.137. The highest BCUT2D eigenvalue weighted by atomic mass is 19.4. The highest BCUT2D eigenvalue weighted by Gasteiger charge is 2.38. The number of hydrogen-bond donors (Lipinski definition) is 0. The second kappa shape index (κ2) is 11.0. The summed E-state index contributed by atoms with van der Waals surface area (Å²) in [7, 11) is 0. The van der Waals surface area contributed by atoms with Crippen LogP contribution in [0.15, 0.2) is 72.8 Å². The van der Waals surface area contributed by atoms with Crippen molar-refractivity contribution in [3.05, 3.63) is 107 Å². The number of amides is 1. The van der Waals surface area contributed by atoms with Crippen molar-refractivity contribution < 1.29 is 26.7 Å². The number of alkyl halides is 3. The lowest BCUT2D eigenvalue weighted by Gasteiger charge is -2.32. The third kappa shape index (κ3) is 6.55.